The Morgan fingerprint density at radius 2 is 2.27 bits per heavy atom. The molecule has 0 saturated heterocycles. The van der Waals surface area contributed by atoms with E-state index in [1.807, 2.05) is 6.07 Å². The largest absolute Gasteiger partial charge is 0.508 e. The molecular formula is C13H19NO. The molecule has 0 aromatic heterocycles. The molecule has 0 radical (unpaired) electrons. The predicted octanol–water partition coefficient (Wildman–Crippen LogP) is 2.72. The molecule has 0 spiro atoms. The van der Waals surface area contributed by atoms with Crippen LogP contribution in [-0.2, 0) is 6.42 Å². The van der Waals surface area contributed by atoms with E-state index in [-0.39, 0.29) is 0 Å². The smallest absolute Gasteiger partial charge is 0.115 e. The lowest BCUT2D eigenvalue weighted by molar-refractivity contribution is 0.232. The first kappa shape index (κ1) is 10.5. The zero-order valence-corrected chi connectivity index (χ0v) is 9.53. The Morgan fingerprint density at radius 1 is 1.47 bits per heavy atom. The summed E-state index contributed by atoms with van der Waals surface area (Å²) in [6.45, 7) is 3.23. The van der Waals surface area contributed by atoms with Gasteiger partial charge in [0.05, 0.1) is 0 Å². The summed E-state index contributed by atoms with van der Waals surface area (Å²) in [6.07, 6.45) is 3.62. The molecule has 1 unspecified atom stereocenters. The second-order valence-corrected chi connectivity index (χ2v) is 4.36. The van der Waals surface area contributed by atoms with Gasteiger partial charge in [-0.3, -0.25) is 4.90 Å². The number of rotatable bonds is 2. The van der Waals surface area contributed by atoms with Gasteiger partial charge in [0.1, 0.15) is 5.75 Å². The summed E-state index contributed by atoms with van der Waals surface area (Å²) in [6, 6.07) is 6.30. The fourth-order valence-corrected chi connectivity index (χ4v) is 2.44. The maximum atomic E-state index is 9.54. The molecule has 0 aliphatic heterocycles. The van der Waals surface area contributed by atoms with E-state index in [9.17, 15) is 5.11 Å². The van der Waals surface area contributed by atoms with Gasteiger partial charge in [0.2, 0.25) is 0 Å². The van der Waals surface area contributed by atoms with E-state index in [0.717, 1.165) is 13.0 Å². The Hall–Kier alpha value is -1.02. The molecular weight excluding hydrogens is 186 g/mol. The lowest BCUT2D eigenvalue weighted by atomic mass is 9.87. The summed E-state index contributed by atoms with van der Waals surface area (Å²) in [5, 5.41) is 9.54. The van der Waals surface area contributed by atoms with Crippen LogP contribution in [0.2, 0.25) is 0 Å². The summed E-state index contributed by atoms with van der Waals surface area (Å²) in [5.74, 6) is 0.394. The van der Waals surface area contributed by atoms with Crippen LogP contribution in [0.25, 0.3) is 0 Å². The third-order valence-electron chi connectivity index (χ3n) is 3.44. The van der Waals surface area contributed by atoms with Crippen molar-refractivity contribution in [3.05, 3.63) is 29.3 Å². The molecule has 2 nitrogen and oxygen atoms in total. The van der Waals surface area contributed by atoms with Gasteiger partial charge in [-0.05, 0) is 56.1 Å². The van der Waals surface area contributed by atoms with E-state index in [1.54, 1.807) is 6.07 Å². The van der Waals surface area contributed by atoms with Crippen LogP contribution >= 0.6 is 0 Å². The van der Waals surface area contributed by atoms with Gasteiger partial charge in [-0.25, -0.2) is 0 Å². The van der Waals surface area contributed by atoms with Crippen LogP contribution < -0.4 is 0 Å². The highest BCUT2D eigenvalue weighted by molar-refractivity contribution is 5.38. The number of fused-ring (bicyclic) bond motifs is 1. The van der Waals surface area contributed by atoms with Crippen molar-refractivity contribution < 1.29 is 5.11 Å². The van der Waals surface area contributed by atoms with E-state index in [0.29, 0.717) is 11.8 Å². The standard InChI is InChI=1S/C13H19NO/c1-3-14(2)13-6-4-5-10-7-8-11(15)9-12(10)13/h7-9,13,15H,3-6H2,1-2H3. The number of hydrogen-bond donors (Lipinski definition) is 1. The molecule has 0 heterocycles. The quantitative estimate of drug-likeness (QED) is 0.802. The highest BCUT2D eigenvalue weighted by Crippen LogP contribution is 2.35. The molecule has 1 aliphatic carbocycles. The van der Waals surface area contributed by atoms with E-state index in [2.05, 4.69) is 24.9 Å². The average molecular weight is 205 g/mol. The lowest BCUT2D eigenvalue weighted by Crippen LogP contribution is -2.27. The van der Waals surface area contributed by atoms with Crippen LogP contribution in [0, 0.1) is 0 Å². The minimum Gasteiger partial charge on any atom is -0.508 e. The van der Waals surface area contributed by atoms with Crippen molar-refractivity contribution in [2.24, 2.45) is 0 Å². The average Bonchev–Trinajstić information content (AvgIpc) is 2.27. The van der Waals surface area contributed by atoms with Gasteiger partial charge in [0.15, 0.2) is 0 Å². The third kappa shape index (κ3) is 2.00. The van der Waals surface area contributed by atoms with Gasteiger partial charge in [0.25, 0.3) is 0 Å². The molecule has 0 saturated carbocycles. The van der Waals surface area contributed by atoms with Crippen LogP contribution in [0.1, 0.15) is 36.9 Å². The minimum atomic E-state index is 0.394. The molecule has 1 atom stereocenters. The van der Waals surface area contributed by atoms with Gasteiger partial charge in [-0.2, -0.15) is 0 Å². The molecule has 1 aromatic rings. The van der Waals surface area contributed by atoms with Gasteiger partial charge in [-0.15, -0.1) is 0 Å². The molecule has 15 heavy (non-hydrogen) atoms. The molecule has 1 aliphatic rings. The molecule has 82 valence electrons. The van der Waals surface area contributed by atoms with Crippen molar-refractivity contribution in [2.75, 3.05) is 13.6 Å². The van der Waals surface area contributed by atoms with Crippen molar-refractivity contribution in [1.82, 2.24) is 4.90 Å². The summed E-state index contributed by atoms with van der Waals surface area (Å²) >= 11 is 0. The Balaban J connectivity index is 2.36. The van der Waals surface area contributed by atoms with E-state index in [4.69, 9.17) is 0 Å². The zero-order chi connectivity index (χ0) is 10.8. The van der Waals surface area contributed by atoms with Crippen molar-refractivity contribution in [2.45, 2.75) is 32.2 Å². The normalized spacial score (nSPS) is 20.3. The highest BCUT2D eigenvalue weighted by Gasteiger charge is 2.22. The van der Waals surface area contributed by atoms with Crippen molar-refractivity contribution >= 4 is 0 Å². The topological polar surface area (TPSA) is 23.5 Å². The van der Waals surface area contributed by atoms with Crippen molar-refractivity contribution in [3.63, 3.8) is 0 Å². The molecule has 1 aromatic carbocycles. The Kier molecular flexibility index (Phi) is 2.96. The molecule has 0 amide bonds. The number of benzene rings is 1. The summed E-state index contributed by atoms with van der Waals surface area (Å²) in [5.41, 5.74) is 2.73. The number of nitrogens with zero attached hydrogens (tertiary/aromatic N) is 1. The molecule has 0 fully saturated rings. The fourth-order valence-electron chi connectivity index (χ4n) is 2.44. The summed E-state index contributed by atoms with van der Waals surface area (Å²) < 4.78 is 0. The minimum absolute atomic E-state index is 0.394. The zero-order valence-electron chi connectivity index (χ0n) is 9.53. The maximum absolute atomic E-state index is 9.54. The fraction of sp³-hybridized carbons (Fsp3) is 0.538. The molecule has 2 rings (SSSR count). The van der Waals surface area contributed by atoms with Gasteiger partial charge in [-0.1, -0.05) is 13.0 Å². The van der Waals surface area contributed by atoms with Gasteiger partial charge >= 0.3 is 0 Å². The first-order chi connectivity index (χ1) is 7.22. The number of phenols is 1. The number of aromatic hydroxyl groups is 1. The van der Waals surface area contributed by atoms with Crippen LogP contribution in [0.15, 0.2) is 18.2 Å². The van der Waals surface area contributed by atoms with Gasteiger partial charge < -0.3 is 5.11 Å². The van der Waals surface area contributed by atoms with Crippen LogP contribution in [-0.4, -0.2) is 23.6 Å². The van der Waals surface area contributed by atoms with Gasteiger partial charge in [0, 0.05) is 6.04 Å². The first-order valence-corrected chi connectivity index (χ1v) is 5.74. The van der Waals surface area contributed by atoms with Crippen molar-refractivity contribution in [1.29, 1.82) is 0 Å². The van der Waals surface area contributed by atoms with Crippen LogP contribution in [0.3, 0.4) is 0 Å². The Labute approximate surface area is 91.5 Å². The number of phenolic OH excluding ortho intramolecular Hbond substituents is 1. The Morgan fingerprint density at radius 3 is 3.00 bits per heavy atom. The monoisotopic (exact) mass is 205 g/mol. The third-order valence-corrected chi connectivity index (χ3v) is 3.44. The van der Waals surface area contributed by atoms with Crippen molar-refractivity contribution in [3.8, 4) is 5.75 Å². The summed E-state index contributed by atoms with van der Waals surface area (Å²) in [4.78, 5) is 2.36. The maximum Gasteiger partial charge on any atom is 0.115 e. The Bertz CT molecular complexity index is 348. The van der Waals surface area contributed by atoms with Crippen LogP contribution in [0.5, 0.6) is 5.75 Å². The van der Waals surface area contributed by atoms with E-state index in [1.165, 1.54) is 24.0 Å². The number of aryl methyl sites for hydroxylation is 1. The SMILES string of the molecule is CCN(C)C1CCCc2ccc(O)cc21. The lowest BCUT2D eigenvalue weighted by Gasteiger charge is -2.32. The van der Waals surface area contributed by atoms with Crippen LogP contribution in [0.4, 0.5) is 0 Å². The molecule has 1 N–H and O–H groups in total. The molecule has 0 bridgehead atoms. The highest BCUT2D eigenvalue weighted by atomic mass is 16.3. The summed E-state index contributed by atoms with van der Waals surface area (Å²) in [7, 11) is 2.16. The van der Waals surface area contributed by atoms with E-state index >= 15 is 0 Å². The van der Waals surface area contributed by atoms with E-state index < -0.39 is 0 Å². The first-order valence-electron chi connectivity index (χ1n) is 5.74. The predicted molar refractivity (Wildman–Crippen MR) is 62.1 cm³/mol. The molecule has 2 heteroatoms. The second-order valence-electron chi connectivity index (χ2n) is 4.36. The number of hydrogen-bond acceptors (Lipinski definition) is 2. The second kappa shape index (κ2) is 4.23.